The van der Waals surface area contributed by atoms with E-state index < -0.39 is 12.0 Å². The number of benzene rings is 1. The third kappa shape index (κ3) is 2.93. The van der Waals surface area contributed by atoms with E-state index in [0.29, 0.717) is 19.6 Å². The third-order valence-electron chi connectivity index (χ3n) is 4.28. The average Bonchev–Trinajstić information content (AvgIpc) is 2.98. The van der Waals surface area contributed by atoms with Gasteiger partial charge in [-0.3, -0.25) is 4.79 Å². The third-order valence-corrected chi connectivity index (χ3v) is 4.28. The lowest BCUT2D eigenvalue weighted by Gasteiger charge is -2.35. The molecule has 112 valence electrons. The molecular formula is C16H19NO4. The molecule has 1 saturated heterocycles. The highest BCUT2D eigenvalue weighted by Crippen LogP contribution is 2.25. The van der Waals surface area contributed by atoms with E-state index in [-0.39, 0.29) is 18.4 Å². The van der Waals surface area contributed by atoms with Crippen LogP contribution in [0.2, 0.25) is 0 Å². The van der Waals surface area contributed by atoms with E-state index in [1.54, 1.807) is 0 Å². The van der Waals surface area contributed by atoms with Crippen LogP contribution in [0.5, 0.6) is 0 Å². The number of hydrogen-bond donors (Lipinski definition) is 1. The van der Waals surface area contributed by atoms with Crippen molar-refractivity contribution >= 4 is 11.9 Å². The minimum absolute atomic E-state index is 0.0517. The zero-order chi connectivity index (χ0) is 14.8. The summed E-state index contributed by atoms with van der Waals surface area (Å²) in [5.74, 6) is -1.06. The molecule has 3 rings (SSSR count). The molecule has 2 heterocycles. The van der Waals surface area contributed by atoms with E-state index in [1.807, 2.05) is 24.3 Å². The number of carboxylic acids is 1. The van der Waals surface area contributed by atoms with E-state index in [2.05, 4.69) is 0 Å². The van der Waals surface area contributed by atoms with Crippen molar-refractivity contribution in [2.45, 2.75) is 44.4 Å². The Bertz CT molecular complexity index is 551. The minimum Gasteiger partial charge on any atom is -0.480 e. The van der Waals surface area contributed by atoms with E-state index >= 15 is 0 Å². The number of amides is 1. The molecule has 21 heavy (non-hydrogen) atoms. The number of nitrogens with zero attached hydrogens (tertiary/aromatic N) is 1. The Morgan fingerprint density at radius 3 is 2.71 bits per heavy atom. The predicted molar refractivity (Wildman–Crippen MR) is 75.7 cm³/mol. The van der Waals surface area contributed by atoms with Gasteiger partial charge >= 0.3 is 5.97 Å². The summed E-state index contributed by atoms with van der Waals surface area (Å²) in [6, 6.07) is 6.95. The van der Waals surface area contributed by atoms with Crippen molar-refractivity contribution in [1.82, 2.24) is 4.90 Å². The molecule has 1 aromatic carbocycles. The van der Waals surface area contributed by atoms with Crippen LogP contribution in [0.1, 0.15) is 30.4 Å². The topological polar surface area (TPSA) is 66.8 Å². The standard InChI is InChI=1S/C16H19NO4/c18-15(9-13-6-3-7-21-13)17-10-12-5-2-1-4-11(12)8-14(17)16(19)20/h1-2,4-5,13-14H,3,6-10H2,(H,19,20)/t13?,14-/m0/s1. The highest BCUT2D eigenvalue weighted by atomic mass is 16.5. The summed E-state index contributed by atoms with van der Waals surface area (Å²) in [7, 11) is 0. The highest BCUT2D eigenvalue weighted by molar-refractivity contribution is 5.84. The maximum Gasteiger partial charge on any atom is 0.326 e. The summed E-state index contributed by atoms with van der Waals surface area (Å²) < 4.78 is 5.48. The van der Waals surface area contributed by atoms with Gasteiger partial charge in [0.05, 0.1) is 12.5 Å². The minimum atomic E-state index is -0.940. The monoisotopic (exact) mass is 289 g/mol. The van der Waals surface area contributed by atoms with Crippen LogP contribution in [-0.2, 0) is 27.3 Å². The number of fused-ring (bicyclic) bond motifs is 1. The fraction of sp³-hybridized carbons (Fsp3) is 0.500. The smallest absolute Gasteiger partial charge is 0.326 e. The van der Waals surface area contributed by atoms with Crippen molar-refractivity contribution in [1.29, 1.82) is 0 Å². The Kier molecular flexibility index (Phi) is 3.92. The van der Waals surface area contributed by atoms with Crippen molar-refractivity contribution < 1.29 is 19.4 Å². The van der Waals surface area contributed by atoms with Crippen LogP contribution >= 0.6 is 0 Å². The number of carbonyl (C=O) groups excluding carboxylic acids is 1. The average molecular weight is 289 g/mol. The van der Waals surface area contributed by atoms with Gasteiger partial charge in [0.1, 0.15) is 6.04 Å². The summed E-state index contributed by atoms with van der Waals surface area (Å²) >= 11 is 0. The highest BCUT2D eigenvalue weighted by Gasteiger charge is 2.35. The molecule has 0 saturated carbocycles. The molecule has 0 aromatic heterocycles. The first-order valence-electron chi connectivity index (χ1n) is 7.36. The summed E-state index contributed by atoms with van der Waals surface area (Å²) in [4.78, 5) is 25.4. The number of ether oxygens (including phenoxy) is 1. The van der Waals surface area contributed by atoms with Crippen molar-refractivity contribution in [3.05, 3.63) is 35.4 Å². The first-order chi connectivity index (χ1) is 10.1. The lowest BCUT2D eigenvalue weighted by Crippen LogP contribution is -2.49. The second kappa shape index (κ2) is 5.85. The summed E-state index contributed by atoms with van der Waals surface area (Å²) in [6.07, 6.45) is 2.47. The van der Waals surface area contributed by atoms with Gasteiger partial charge in [0.2, 0.25) is 5.91 Å². The van der Waals surface area contributed by atoms with Crippen LogP contribution in [0.3, 0.4) is 0 Å². The first-order valence-corrected chi connectivity index (χ1v) is 7.36. The fourth-order valence-corrected chi connectivity index (χ4v) is 3.12. The van der Waals surface area contributed by atoms with Crippen molar-refractivity contribution in [3.8, 4) is 0 Å². The van der Waals surface area contributed by atoms with E-state index in [1.165, 1.54) is 4.90 Å². The van der Waals surface area contributed by atoms with Gasteiger partial charge in [0.15, 0.2) is 0 Å². The van der Waals surface area contributed by atoms with E-state index in [4.69, 9.17) is 4.74 Å². The van der Waals surface area contributed by atoms with Crippen LogP contribution in [-0.4, -0.2) is 40.6 Å². The molecule has 0 radical (unpaired) electrons. The Labute approximate surface area is 123 Å². The van der Waals surface area contributed by atoms with Gasteiger partial charge in [-0.25, -0.2) is 4.79 Å². The normalized spacial score (nSPS) is 24.7. The fourth-order valence-electron chi connectivity index (χ4n) is 3.12. The molecule has 2 atom stereocenters. The number of carboxylic acid groups (broad SMARTS) is 1. The molecule has 5 heteroatoms. The van der Waals surface area contributed by atoms with Crippen molar-refractivity contribution in [3.63, 3.8) is 0 Å². The van der Waals surface area contributed by atoms with Gasteiger partial charge in [-0.05, 0) is 24.0 Å². The van der Waals surface area contributed by atoms with Crippen LogP contribution in [0.25, 0.3) is 0 Å². The molecule has 2 aliphatic rings. The number of carbonyl (C=O) groups is 2. The molecule has 0 spiro atoms. The Hall–Kier alpha value is -1.88. The second-order valence-electron chi connectivity index (χ2n) is 5.69. The SMILES string of the molecule is O=C(O)[C@@H]1Cc2ccccc2CN1C(=O)CC1CCCO1. The molecule has 1 unspecified atom stereocenters. The largest absolute Gasteiger partial charge is 0.480 e. The summed E-state index contributed by atoms with van der Waals surface area (Å²) in [6.45, 7) is 1.07. The van der Waals surface area contributed by atoms with Crippen LogP contribution < -0.4 is 0 Å². The lowest BCUT2D eigenvalue weighted by atomic mass is 9.93. The molecule has 0 aliphatic carbocycles. The van der Waals surface area contributed by atoms with Gasteiger partial charge < -0.3 is 14.7 Å². The molecule has 0 bridgehead atoms. The number of aliphatic carboxylic acids is 1. The van der Waals surface area contributed by atoms with E-state index in [9.17, 15) is 14.7 Å². The van der Waals surface area contributed by atoms with Crippen LogP contribution in [0, 0.1) is 0 Å². The Balaban J connectivity index is 1.78. The van der Waals surface area contributed by atoms with Crippen molar-refractivity contribution in [2.24, 2.45) is 0 Å². The summed E-state index contributed by atoms with van der Waals surface area (Å²) in [5, 5.41) is 9.42. The van der Waals surface area contributed by atoms with Gasteiger partial charge in [0.25, 0.3) is 0 Å². The molecule has 2 aliphatic heterocycles. The van der Waals surface area contributed by atoms with Gasteiger partial charge in [-0.2, -0.15) is 0 Å². The quantitative estimate of drug-likeness (QED) is 0.917. The Morgan fingerprint density at radius 1 is 1.29 bits per heavy atom. The second-order valence-corrected chi connectivity index (χ2v) is 5.69. The van der Waals surface area contributed by atoms with Gasteiger partial charge in [-0.15, -0.1) is 0 Å². The molecule has 1 aromatic rings. The molecular weight excluding hydrogens is 270 g/mol. The van der Waals surface area contributed by atoms with Crippen molar-refractivity contribution in [2.75, 3.05) is 6.61 Å². The molecule has 1 N–H and O–H groups in total. The van der Waals surface area contributed by atoms with Gasteiger partial charge in [-0.1, -0.05) is 24.3 Å². The predicted octanol–water partition coefficient (Wildman–Crippen LogP) is 1.59. The van der Waals surface area contributed by atoms with Crippen LogP contribution in [0.15, 0.2) is 24.3 Å². The first kappa shape index (κ1) is 14.1. The Morgan fingerprint density at radius 2 is 2.05 bits per heavy atom. The van der Waals surface area contributed by atoms with E-state index in [0.717, 1.165) is 24.0 Å². The molecule has 1 fully saturated rings. The number of rotatable bonds is 3. The molecule has 1 amide bonds. The summed E-state index contributed by atoms with van der Waals surface area (Å²) in [5.41, 5.74) is 2.06. The van der Waals surface area contributed by atoms with Crippen LogP contribution in [0.4, 0.5) is 0 Å². The zero-order valence-corrected chi connectivity index (χ0v) is 11.8. The lowest BCUT2D eigenvalue weighted by molar-refractivity contribution is -0.152. The van der Waals surface area contributed by atoms with Gasteiger partial charge in [0, 0.05) is 19.6 Å². The molecule has 5 nitrogen and oxygen atoms in total. The zero-order valence-electron chi connectivity index (χ0n) is 11.8. The maximum atomic E-state index is 12.5. The number of hydrogen-bond acceptors (Lipinski definition) is 3. The maximum absolute atomic E-state index is 12.5.